The Morgan fingerprint density at radius 2 is 1.94 bits per heavy atom. The molecule has 3 N–H and O–H groups in total. The van der Waals surface area contributed by atoms with E-state index in [0.717, 1.165) is 46.6 Å². The number of carbonyl (C=O) groups excluding carboxylic acids is 1. The fourth-order valence-electron chi connectivity index (χ4n) is 7.63. The molecule has 0 spiro atoms. The molecule has 3 aliphatic carbocycles. The minimum absolute atomic E-state index is 0.0485. The molecule has 3 heterocycles. The van der Waals surface area contributed by atoms with Crippen molar-refractivity contribution in [3.05, 3.63) is 48.0 Å². The summed E-state index contributed by atoms with van der Waals surface area (Å²) in [6.07, 6.45) is 1.96. The van der Waals surface area contributed by atoms with Crippen LogP contribution in [0, 0.1) is 17.3 Å². The molecule has 49 heavy (non-hydrogen) atoms. The van der Waals surface area contributed by atoms with Gasteiger partial charge >= 0.3 is 6.09 Å². The molecule has 3 saturated carbocycles. The number of anilines is 1. The number of thiazole rings is 1. The summed E-state index contributed by atoms with van der Waals surface area (Å²) in [6.45, 7) is 4.32. The molecule has 8 rings (SSSR count). The van der Waals surface area contributed by atoms with Crippen LogP contribution in [0.2, 0.25) is 0 Å². The summed E-state index contributed by atoms with van der Waals surface area (Å²) in [7, 11) is -2.45. The highest BCUT2D eigenvalue weighted by Crippen LogP contribution is 2.50. The van der Waals surface area contributed by atoms with Crippen molar-refractivity contribution >= 4 is 42.8 Å². The quantitative estimate of drug-likeness (QED) is 0.231. The van der Waals surface area contributed by atoms with Gasteiger partial charge in [0.25, 0.3) is 0 Å². The summed E-state index contributed by atoms with van der Waals surface area (Å²) in [5.74, 6) is 1.06. The molecule has 3 bridgehead atoms. The van der Waals surface area contributed by atoms with Crippen LogP contribution in [0.4, 0.5) is 9.93 Å². The number of aliphatic hydroxyl groups is 1. The molecule has 1 aromatic heterocycles. The van der Waals surface area contributed by atoms with E-state index < -0.39 is 34.4 Å². The van der Waals surface area contributed by atoms with Crippen LogP contribution in [0.5, 0.6) is 5.75 Å². The van der Waals surface area contributed by atoms with Crippen molar-refractivity contribution in [3.63, 3.8) is 0 Å². The number of benzene rings is 2. The Kier molecular flexibility index (Phi) is 8.55. The highest BCUT2D eigenvalue weighted by Gasteiger charge is 2.55. The molecular formula is C35H44N4O8S2. The van der Waals surface area contributed by atoms with E-state index in [9.17, 15) is 18.3 Å². The Hall–Kier alpha value is -3.01. The Bertz CT molecular complexity index is 1810. The molecule has 14 heteroatoms. The lowest BCUT2D eigenvalue weighted by Crippen LogP contribution is -2.53. The van der Waals surface area contributed by atoms with Crippen LogP contribution in [0.3, 0.4) is 0 Å². The maximum atomic E-state index is 14.4. The summed E-state index contributed by atoms with van der Waals surface area (Å²) >= 11 is 1.44. The highest BCUT2D eigenvalue weighted by molar-refractivity contribution is 7.89. The van der Waals surface area contributed by atoms with Gasteiger partial charge in [-0.15, -0.1) is 0 Å². The van der Waals surface area contributed by atoms with Crippen LogP contribution in [0.25, 0.3) is 10.2 Å². The SMILES string of the molecule is COc1ccc(C[C@H](NC(=O)OC2C3COC4OC2CC4C3)[C@H](O)CN(C2CC2(C)C)S(=O)(=O)c2ccc3nc(NC4CC4)sc3c2)cc1. The van der Waals surface area contributed by atoms with Gasteiger partial charge in [0.15, 0.2) is 11.4 Å². The first-order valence-electron chi connectivity index (χ1n) is 17.2. The number of nitrogens with zero attached hydrogens (tertiary/aromatic N) is 2. The largest absolute Gasteiger partial charge is 0.497 e. The second-order valence-electron chi connectivity index (χ2n) is 15.0. The fourth-order valence-corrected chi connectivity index (χ4v) is 10.5. The predicted octanol–water partition coefficient (Wildman–Crippen LogP) is 4.52. The van der Waals surface area contributed by atoms with Crippen LogP contribution in [0.1, 0.15) is 51.5 Å². The van der Waals surface area contributed by atoms with Crippen molar-refractivity contribution in [3.8, 4) is 5.75 Å². The van der Waals surface area contributed by atoms with Gasteiger partial charge < -0.3 is 34.7 Å². The first-order valence-corrected chi connectivity index (χ1v) is 19.5. The fraction of sp³-hybridized carbons (Fsp3) is 0.600. The first kappa shape index (κ1) is 33.2. The van der Waals surface area contributed by atoms with Crippen LogP contribution >= 0.6 is 11.3 Å². The number of aliphatic hydroxyl groups excluding tert-OH is 1. The third-order valence-electron chi connectivity index (χ3n) is 10.8. The van der Waals surface area contributed by atoms with Gasteiger partial charge in [0.1, 0.15) is 11.9 Å². The number of nitrogens with one attached hydrogen (secondary N) is 2. The highest BCUT2D eigenvalue weighted by atomic mass is 32.2. The number of ether oxygens (including phenoxy) is 4. The zero-order valence-electron chi connectivity index (χ0n) is 27.9. The average Bonchev–Trinajstić information content (AvgIpc) is 3.92. The Morgan fingerprint density at radius 1 is 1.16 bits per heavy atom. The first-order chi connectivity index (χ1) is 23.5. The number of alkyl carbamates (subject to hydrolysis) is 1. The average molecular weight is 713 g/mol. The van der Waals surface area contributed by atoms with Crippen molar-refractivity contribution in [2.45, 2.75) is 100.0 Å². The van der Waals surface area contributed by atoms with E-state index in [1.54, 1.807) is 25.3 Å². The zero-order chi connectivity index (χ0) is 34.1. The number of rotatable bonds is 13. The van der Waals surface area contributed by atoms with E-state index in [-0.39, 0.29) is 47.6 Å². The zero-order valence-corrected chi connectivity index (χ0v) is 29.5. The van der Waals surface area contributed by atoms with Crippen LogP contribution in [-0.4, -0.2) is 91.9 Å². The van der Waals surface area contributed by atoms with E-state index in [0.29, 0.717) is 30.7 Å². The number of amides is 1. The number of hydrogen-bond donors (Lipinski definition) is 3. The van der Waals surface area contributed by atoms with Gasteiger partial charge in [-0.2, -0.15) is 4.31 Å². The predicted molar refractivity (Wildman–Crippen MR) is 183 cm³/mol. The number of carbonyl (C=O) groups is 1. The standard InChI is InChI=1S/C35H44N4O8S2/c1-35(2)16-30(35)39(49(42,43)24-10-11-25-29(15-24)48-33(37-25)36-22-6-7-22)17-27(40)26(12-19-4-8-23(44-3)9-5-19)38-34(41)47-31-21-13-20-14-28(31)46-32(20)45-18-21/h4-5,8-11,15,20-22,26-28,30-32,40H,6-7,12-14,16-18H2,1-3H3,(H,36,37)(H,38,41)/t20?,21?,26-,27+,28?,30?,31?,32?/m0/s1. The minimum atomic E-state index is -4.03. The third-order valence-corrected chi connectivity index (χ3v) is 13.6. The molecule has 5 aliphatic rings. The molecule has 0 radical (unpaired) electrons. The Labute approximate surface area is 290 Å². The molecule has 12 nitrogen and oxygen atoms in total. The van der Waals surface area contributed by atoms with Crippen molar-refractivity contribution < 1.29 is 37.3 Å². The van der Waals surface area contributed by atoms with E-state index in [2.05, 4.69) is 15.6 Å². The minimum Gasteiger partial charge on any atom is -0.497 e. The van der Waals surface area contributed by atoms with Crippen molar-refractivity contribution in [2.24, 2.45) is 17.3 Å². The Morgan fingerprint density at radius 3 is 2.65 bits per heavy atom. The topological polar surface area (TPSA) is 149 Å². The normalized spacial score (nSPS) is 29.5. The van der Waals surface area contributed by atoms with E-state index >= 15 is 0 Å². The maximum absolute atomic E-state index is 14.4. The van der Waals surface area contributed by atoms with Gasteiger partial charge in [0, 0.05) is 30.5 Å². The molecule has 3 aromatic rings. The van der Waals surface area contributed by atoms with Gasteiger partial charge in [0.2, 0.25) is 10.0 Å². The molecule has 8 atom stereocenters. The summed E-state index contributed by atoms with van der Waals surface area (Å²) in [5, 5.41) is 19.0. The van der Waals surface area contributed by atoms with Gasteiger partial charge in [-0.3, -0.25) is 0 Å². The van der Waals surface area contributed by atoms with Crippen LogP contribution in [-0.2, 0) is 30.7 Å². The molecule has 2 aliphatic heterocycles. The monoisotopic (exact) mass is 712 g/mol. The summed E-state index contributed by atoms with van der Waals surface area (Å²) in [6, 6.07) is 11.6. The van der Waals surface area contributed by atoms with E-state index in [4.69, 9.17) is 18.9 Å². The second-order valence-corrected chi connectivity index (χ2v) is 17.9. The van der Waals surface area contributed by atoms with Crippen LogP contribution in [0.15, 0.2) is 47.4 Å². The second kappa shape index (κ2) is 12.6. The van der Waals surface area contributed by atoms with E-state index in [1.807, 2.05) is 38.1 Å². The van der Waals surface area contributed by atoms with E-state index in [1.165, 1.54) is 15.6 Å². The van der Waals surface area contributed by atoms with Crippen molar-refractivity contribution in [1.29, 1.82) is 0 Å². The number of fused-ring (bicyclic) bond motifs is 3. The third kappa shape index (κ3) is 6.75. The van der Waals surface area contributed by atoms with Gasteiger partial charge in [0.05, 0.1) is 47.1 Å². The van der Waals surface area contributed by atoms with Gasteiger partial charge in [-0.25, -0.2) is 18.2 Å². The number of sulfonamides is 1. The number of methoxy groups -OCH3 is 1. The lowest BCUT2D eigenvalue weighted by atomic mass is 9.78. The summed E-state index contributed by atoms with van der Waals surface area (Å²) < 4.78 is 54.1. The van der Waals surface area contributed by atoms with Crippen molar-refractivity contribution in [1.82, 2.24) is 14.6 Å². The molecule has 2 saturated heterocycles. The summed E-state index contributed by atoms with van der Waals surface area (Å²) in [5.41, 5.74) is 1.31. The van der Waals surface area contributed by atoms with Gasteiger partial charge in [-0.1, -0.05) is 37.3 Å². The van der Waals surface area contributed by atoms with Crippen molar-refractivity contribution in [2.75, 3.05) is 25.6 Å². The number of aromatic nitrogens is 1. The molecular weight excluding hydrogens is 669 g/mol. The lowest BCUT2D eigenvalue weighted by Gasteiger charge is -2.37. The number of hydrogen-bond acceptors (Lipinski definition) is 11. The van der Waals surface area contributed by atoms with Crippen LogP contribution < -0.4 is 15.4 Å². The Balaban J connectivity index is 1.03. The molecule has 5 fully saturated rings. The molecule has 264 valence electrons. The smallest absolute Gasteiger partial charge is 0.407 e. The lowest BCUT2D eigenvalue weighted by molar-refractivity contribution is -0.153. The molecule has 2 aromatic carbocycles. The molecule has 1 amide bonds. The maximum Gasteiger partial charge on any atom is 0.407 e. The molecule has 6 unspecified atom stereocenters. The van der Waals surface area contributed by atoms with Gasteiger partial charge in [-0.05, 0) is 79.8 Å². The summed E-state index contributed by atoms with van der Waals surface area (Å²) in [4.78, 5) is 18.3.